The number of benzene rings is 3. The summed E-state index contributed by atoms with van der Waals surface area (Å²) < 4.78 is 5.11. The van der Waals surface area contributed by atoms with Gasteiger partial charge in [-0.3, -0.25) is 9.59 Å². The van der Waals surface area contributed by atoms with Crippen LogP contribution in [-0.2, 0) is 33.6 Å². The van der Waals surface area contributed by atoms with Crippen molar-refractivity contribution >= 4 is 51.6 Å². The average molecular weight is 585 g/mol. The van der Waals surface area contributed by atoms with E-state index < -0.39 is 11.2 Å². The van der Waals surface area contributed by atoms with Crippen molar-refractivity contribution in [3.63, 3.8) is 0 Å². The molecule has 0 radical (unpaired) electrons. The number of anilines is 2. The van der Waals surface area contributed by atoms with E-state index in [9.17, 15) is 14.4 Å². The zero-order valence-electron chi connectivity index (χ0n) is 23.0. The first-order chi connectivity index (χ1) is 19.9. The van der Waals surface area contributed by atoms with Crippen molar-refractivity contribution < 1.29 is 19.1 Å². The summed E-state index contributed by atoms with van der Waals surface area (Å²) in [5.74, 6) is -0.225. The van der Waals surface area contributed by atoms with E-state index in [1.54, 1.807) is 0 Å². The molecule has 4 aromatic rings. The number of esters is 1. The highest BCUT2D eigenvalue weighted by atomic mass is 32.2. The van der Waals surface area contributed by atoms with E-state index in [0.717, 1.165) is 45.7 Å². The van der Waals surface area contributed by atoms with Gasteiger partial charge in [0.05, 0.1) is 19.1 Å². The van der Waals surface area contributed by atoms with E-state index in [-0.39, 0.29) is 18.2 Å². The molecule has 1 aromatic heterocycles. The number of fused-ring (bicyclic) bond motifs is 1. The second kappa shape index (κ2) is 13.2. The number of hydrogen-bond donors (Lipinski definition) is 2. The number of methoxy groups -OCH3 is 1. The van der Waals surface area contributed by atoms with Gasteiger partial charge in [-0.25, -0.2) is 4.79 Å². The summed E-state index contributed by atoms with van der Waals surface area (Å²) in [4.78, 5) is 41.3. The van der Waals surface area contributed by atoms with Gasteiger partial charge in [-0.2, -0.15) is 0 Å². The highest BCUT2D eigenvalue weighted by molar-refractivity contribution is 8.00. The topological polar surface area (TPSA) is 84.5 Å². The first kappa shape index (κ1) is 28.6. The molecule has 2 N–H and O–H groups in total. The number of nitrogens with one attached hydrogen (secondary N) is 2. The van der Waals surface area contributed by atoms with Gasteiger partial charge in [-0.15, -0.1) is 23.1 Å². The third kappa shape index (κ3) is 7.07. The number of thiophene rings is 1. The molecule has 1 aliphatic rings. The van der Waals surface area contributed by atoms with Gasteiger partial charge in [0.2, 0.25) is 11.8 Å². The van der Waals surface area contributed by atoms with Crippen LogP contribution in [0, 0.1) is 5.92 Å². The molecule has 6 nitrogen and oxygen atoms in total. The Hall–Kier alpha value is -3.88. The molecule has 0 saturated carbocycles. The van der Waals surface area contributed by atoms with E-state index in [2.05, 4.69) is 17.6 Å². The van der Waals surface area contributed by atoms with E-state index in [4.69, 9.17) is 4.74 Å². The molecule has 8 heteroatoms. The lowest BCUT2D eigenvalue weighted by molar-refractivity contribution is -0.116. The first-order valence-corrected chi connectivity index (χ1v) is 15.3. The van der Waals surface area contributed by atoms with Gasteiger partial charge < -0.3 is 15.4 Å². The largest absolute Gasteiger partial charge is 0.465 e. The number of thioether (sulfide) groups is 1. The van der Waals surface area contributed by atoms with Crippen molar-refractivity contribution in [2.45, 2.75) is 42.8 Å². The lowest BCUT2D eigenvalue weighted by Gasteiger charge is -2.18. The van der Waals surface area contributed by atoms with Gasteiger partial charge in [0.1, 0.15) is 10.3 Å². The molecule has 3 aromatic carbocycles. The number of hydrogen-bond acceptors (Lipinski definition) is 6. The van der Waals surface area contributed by atoms with E-state index in [0.29, 0.717) is 22.2 Å². The van der Waals surface area contributed by atoms with Crippen LogP contribution in [0.4, 0.5) is 10.7 Å². The molecule has 1 aliphatic carbocycles. The molecule has 2 unspecified atom stereocenters. The number of rotatable bonds is 9. The van der Waals surface area contributed by atoms with Crippen LogP contribution in [0.15, 0.2) is 89.8 Å². The maximum Gasteiger partial charge on any atom is 0.341 e. The second-order valence-corrected chi connectivity index (χ2v) is 12.5. The summed E-state index contributed by atoms with van der Waals surface area (Å²) >= 11 is 2.87. The average Bonchev–Trinajstić information content (AvgIpc) is 3.33. The van der Waals surface area contributed by atoms with Crippen LogP contribution in [0.1, 0.15) is 50.5 Å². The maximum atomic E-state index is 13.9. The molecule has 2 atom stereocenters. The summed E-state index contributed by atoms with van der Waals surface area (Å²) in [6.45, 7) is 2.21. The Morgan fingerprint density at radius 2 is 1.71 bits per heavy atom. The normalized spacial score (nSPS) is 14.9. The minimum Gasteiger partial charge on any atom is -0.465 e. The lowest BCUT2D eigenvalue weighted by Crippen LogP contribution is -2.20. The van der Waals surface area contributed by atoms with Crippen molar-refractivity contribution in [3.05, 3.63) is 112 Å². The third-order valence-corrected chi connectivity index (χ3v) is 9.48. The summed E-state index contributed by atoms with van der Waals surface area (Å²) in [5, 5.41) is 6.00. The smallest absolute Gasteiger partial charge is 0.341 e. The standard InChI is InChI=1S/C33H32N2O4S2/c1-21-16-17-26-27(18-21)41-32(29(26)33(38)39-2)35-31(37)30(23-12-7-4-8-13-23)40-25-15-9-14-24(20-25)34-28(36)19-22-10-5-3-6-11-22/h3-15,20-21,30H,16-19H2,1-2H3,(H,34,36)(H,35,37). The van der Waals surface area contributed by atoms with Gasteiger partial charge in [0, 0.05) is 15.5 Å². The summed E-state index contributed by atoms with van der Waals surface area (Å²) in [7, 11) is 1.37. The molecule has 210 valence electrons. The Bertz CT molecular complexity index is 1540. The fourth-order valence-corrected chi connectivity index (χ4v) is 7.49. The van der Waals surface area contributed by atoms with Crippen LogP contribution in [0.2, 0.25) is 0 Å². The maximum absolute atomic E-state index is 13.9. The summed E-state index contributed by atoms with van der Waals surface area (Å²) in [6.07, 6.45) is 2.97. The Kier molecular flexibility index (Phi) is 9.21. The van der Waals surface area contributed by atoms with Crippen LogP contribution in [0.3, 0.4) is 0 Å². The molecule has 5 rings (SSSR count). The number of carbonyl (C=O) groups is 3. The summed E-state index contributed by atoms with van der Waals surface area (Å²) in [5.41, 5.74) is 3.91. The first-order valence-electron chi connectivity index (χ1n) is 13.6. The van der Waals surface area contributed by atoms with Crippen molar-refractivity contribution in [1.29, 1.82) is 0 Å². The van der Waals surface area contributed by atoms with E-state index >= 15 is 0 Å². The SMILES string of the molecule is COC(=O)c1c(NC(=O)C(Sc2cccc(NC(=O)Cc3ccccc3)c2)c2ccccc2)sc2c1CCC(C)C2. The molecule has 0 fully saturated rings. The molecule has 2 amide bonds. The predicted molar refractivity (Wildman–Crippen MR) is 166 cm³/mol. The molecular weight excluding hydrogens is 553 g/mol. The van der Waals surface area contributed by atoms with Crippen LogP contribution >= 0.6 is 23.1 Å². The molecule has 0 bridgehead atoms. The van der Waals surface area contributed by atoms with Crippen molar-refractivity contribution in [1.82, 2.24) is 0 Å². The van der Waals surface area contributed by atoms with Crippen molar-refractivity contribution in [2.24, 2.45) is 5.92 Å². The van der Waals surface area contributed by atoms with Crippen LogP contribution < -0.4 is 10.6 Å². The fourth-order valence-electron chi connectivity index (χ4n) is 5.00. The highest BCUT2D eigenvalue weighted by Crippen LogP contribution is 2.42. The second-order valence-electron chi connectivity index (χ2n) is 10.2. The molecule has 0 saturated heterocycles. The van der Waals surface area contributed by atoms with Gasteiger partial charge in [0.25, 0.3) is 0 Å². The monoisotopic (exact) mass is 584 g/mol. The van der Waals surface area contributed by atoms with Crippen molar-refractivity contribution in [2.75, 3.05) is 17.7 Å². The summed E-state index contributed by atoms with van der Waals surface area (Å²) in [6, 6.07) is 26.7. The zero-order valence-corrected chi connectivity index (χ0v) is 24.6. The van der Waals surface area contributed by atoms with Crippen LogP contribution in [0.25, 0.3) is 0 Å². The van der Waals surface area contributed by atoms with Gasteiger partial charge in [-0.1, -0.05) is 73.7 Å². The van der Waals surface area contributed by atoms with Gasteiger partial charge >= 0.3 is 5.97 Å². The van der Waals surface area contributed by atoms with Gasteiger partial charge in [-0.05, 0) is 60.1 Å². The number of ether oxygens (including phenoxy) is 1. The Morgan fingerprint density at radius 3 is 2.44 bits per heavy atom. The van der Waals surface area contributed by atoms with Crippen molar-refractivity contribution in [3.8, 4) is 0 Å². The van der Waals surface area contributed by atoms with Gasteiger partial charge in [0.15, 0.2) is 0 Å². The molecule has 0 spiro atoms. The Labute approximate surface area is 248 Å². The molecule has 41 heavy (non-hydrogen) atoms. The molecule has 0 aliphatic heterocycles. The molecule has 1 heterocycles. The molecular formula is C33H32N2O4S2. The highest BCUT2D eigenvalue weighted by Gasteiger charge is 2.31. The zero-order chi connectivity index (χ0) is 28.8. The van der Waals surface area contributed by atoms with Crippen LogP contribution in [0.5, 0.6) is 0 Å². The fraction of sp³-hybridized carbons (Fsp3) is 0.242. The Balaban J connectivity index is 1.37. The number of amides is 2. The minimum absolute atomic E-state index is 0.109. The Morgan fingerprint density at radius 1 is 0.976 bits per heavy atom. The quantitative estimate of drug-likeness (QED) is 0.159. The lowest BCUT2D eigenvalue weighted by atomic mass is 9.88. The predicted octanol–water partition coefficient (Wildman–Crippen LogP) is 7.31. The van der Waals surface area contributed by atoms with E-state index in [1.807, 2.05) is 84.9 Å². The van der Waals surface area contributed by atoms with Crippen LogP contribution in [-0.4, -0.2) is 24.9 Å². The number of carbonyl (C=O) groups excluding carboxylic acids is 3. The van der Waals surface area contributed by atoms with E-state index in [1.165, 1.54) is 30.2 Å². The minimum atomic E-state index is -0.588. The third-order valence-electron chi connectivity index (χ3n) is 7.06.